The summed E-state index contributed by atoms with van der Waals surface area (Å²) in [7, 11) is 0. The number of unbranched alkanes of at least 4 members (excludes halogenated alkanes) is 17. The first-order chi connectivity index (χ1) is 25.2. The Kier molecular flexibility index (Phi) is 25.1. The summed E-state index contributed by atoms with van der Waals surface area (Å²) in [6.07, 6.45) is 55.7. The largest absolute Gasteiger partial charge is 0.343 e. The predicted octanol–water partition coefficient (Wildman–Crippen LogP) is 13.4. The molecule has 0 N–H and O–H groups in total. The van der Waals surface area contributed by atoms with E-state index in [9.17, 15) is 0 Å². The lowest BCUT2D eigenvalue weighted by molar-refractivity contribution is -0.193. The number of allylic oxidation sites excluding steroid dienone is 8. The van der Waals surface area contributed by atoms with Crippen LogP contribution in [0.5, 0.6) is 0 Å². The molecule has 2 aliphatic heterocycles. The van der Waals surface area contributed by atoms with Crippen LogP contribution in [-0.2, 0) is 15.9 Å². The minimum atomic E-state index is -0.353. The second-order valence-electron chi connectivity index (χ2n) is 15.4. The van der Waals surface area contributed by atoms with Crippen molar-refractivity contribution in [3.05, 3.63) is 78.7 Å². The van der Waals surface area contributed by atoms with Crippen molar-refractivity contribution >= 4 is 0 Å². The second-order valence-corrected chi connectivity index (χ2v) is 15.4. The van der Waals surface area contributed by atoms with Gasteiger partial charge in [-0.15, -0.1) is 0 Å². The number of fused-ring (bicyclic) bond motifs is 1. The van der Waals surface area contributed by atoms with Crippen LogP contribution in [0.1, 0.15) is 180 Å². The number of hydrogen-bond acceptors (Lipinski definition) is 4. The summed E-state index contributed by atoms with van der Waals surface area (Å²) in [6, 6.07) is 4.26. The third-order valence-electron chi connectivity index (χ3n) is 10.8. The van der Waals surface area contributed by atoms with Gasteiger partial charge >= 0.3 is 0 Å². The van der Waals surface area contributed by atoms with E-state index in [0.717, 1.165) is 51.7 Å². The second kappa shape index (κ2) is 29.4. The highest BCUT2D eigenvalue weighted by Crippen LogP contribution is 2.40. The number of pyridine rings is 1. The molecule has 2 aliphatic rings. The molecule has 3 heterocycles. The Labute approximate surface area is 315 Å². The summed E-state index contributed by atoms with van der Waals surface area (Å²) in [5.41, 5.74) is 1.36. The zero-order valence-electron chi connectivity index (χ0n) is 33.3. The Hall–Kier alpha value is -2.01. The first kappa shape index (κ1) is 43.4. The van der Waals surface area contributed by atoms with Gasteiger partial charge < -0.3 is 9.47 Å². The van der Waals surface area contributed by atoms with Crippen molar-refractivity contribution in [2.45, 2.75) is 199 Å². The number of aromatic nitrogens is 1. The van der Waals surface area contributed by atoms with Gasteiger partial charge in [-0.1, -0.05) is 133 Å². The Morgan fingerprint density at radius 3 is 1.43 bits per heavy atom. The zero-order chi connectivity index (χ0) is 35.9. The van der Waals surface area contributed by atoms with E-state index in [1.807, 2.05) is 12.4 Å². The molecule has 0 aromatic carbocycles. The Balaban J connectivity index is 1.29. The van der Waals surface area contributed by atoms with Gasteiger partial charge in [0.2, 0.25) is 0 Å². The van der Waals surface area contributed by atoms with Gasteiger partial charge in [0.1, 0.15) is 12.2 Å². The predicted molar refractivity (Wildman–Crippen MR) is 220 cm³/mol. The lowest BCUT2D eigenvalue weighted by Crippen LogP contribution is -2.36. The van der Waals surface area contributed by atoms with Crippen molar-refractivity contribution in [1.29, 1.82) is 0 Å². The molecule has 2 unspecified atom stereocenters. The molecule has 0 radical (unpaired) electrons. The normalized spacial score (nSPS) is 21.1. The monoisotopic (exact) mass is 703 g/mol. The molecule has 288 valence electrons. The maximum Gasteiger partial charge on any atom is 0.169 e. The molecular formula is C47H78N2O2. The number of likely N-dealkylation sites (tertiary alicyclic amines) is 1. The van der Waals surface area contributed by atoms with Crippen LogP contribution in [0.2, 0.25) is 0 Å². The van der Waals surface area contributed by atoms with Crippen molar-refractivity contribution in [1.82, 2.24) is 9.88 Å². The van der Waals surface area contributed by atoms with Crippen LogP contribution in [0.15, 0.2) is 73.1 Å². The molecule has 4 nitrogen and oxygen atoms in total. The highest BCUT2D eigenvalue weighted by molar-refractivity contribution is 5.10. The number of ether oxygens (including phenoxy) is 2. The molecule has 0 amide bonds. The lowest BCUT2D eigenvalue weighted by atomic mass is 9.98. The summed E-state index contributed by atoms with van der Waals surface area (Å²) in [4.78, 5) is 6.71. The molecule has 2 atom stereocenters. The summed E-state index contributed by atoms with van der Waals surface area (Å²) in [5.74, 6) is -0.353. The van der Waals surface area contributed by atoms with E-state index in [0.29, 0.717) is 0 Å². The van der Waals surface area contributed by atoms with Gasteiger partial charge in [-0.2, -0.15) is 0 Å². The average Bonchev–Trinajstić information content (AvgIpc) is 3.68. The van der Waals surface area contributed by atoms with E-state index in [1.54, 1.807) is 0 Å². The van der Waals surface area contributed by atoms with Crippen molar-refractivity contribution in [3.63, 3.8) is 0 Å². The fourth-order valence-corrected chi connectivity index (χ4v) is 7.59. The van der Waals surface area contributed by atoms with E-state index in [4.69, 9.17) is 9.47 Å². The molecule has 51 heavy (non-hydrogen) atoms. The highest BCUT2D eigenvalue weighted by Gasteiger charge is 2.50. The van der Waals surface area contributed by atoms with Crippen LogP contribution < -0.4 is 0 Å². The van der Waals surface area contributed by atoms with Crippen LogP contribution in [0.3, 0.4) is 0 Å². The van der Waals surface area contributed by atoms with Crippen molar-refractivity contribution < 1.29 is 9.47 Å². The lowest BCUT2D eigenvalue weighted by Gasteiger charge is -2.31. The summed E-state index contributed by atoms with van der Waals surface area (Å²) in [5, 5.41) is 0. The number of rotatable bonds is 32. The van der Waals surface area contributed by atoms with Crippen LogP contribution in [0, 0.1) is 0 Å². The van der Waals surface area contributed by atoms with Gasteiger partial charge in [-0.05, 0) is 101 Å². The minimum absolute atomic E-state index is 0.227. The molecule has 2 saturated heterocycles. The molecular weight excluding hydrogens is 625 g/mol. The van der Waals surface area contributed by atoms with Crippen molar-refractivity contribution in [3.8, 4) is 0 Å². The first-order valence-corrected chi connectivity index (χ1v) is 21.8. The molecule has 1 aromatic rings. The topological polar surface area (TPSA) is 34.6 Å². The molecule has 0 saturated carbocycles. The number of hydrogen-bond donors (Lipinski definition) is 0. The third-order valence-corrected chi connectivity index (χ3v) is 10.8. The fourth-order valence-electron chi connectivity index (χ4n) is 7.59. The van der Waals surface area contributed by atoms with E-state index in [2.05, 4.69) is 84.5 Å². The molecule has 2 fully saturated rings. The summed E-state index contributed by atoms with van der Waals surface area (Å²) in [6.45, 7) is 7.61. The Morgan fingerprint density at radius 2 is 0.980 bits per heavy atom. The molecule has 4 heteroatoms. The molecule has 3 rings (SSSR count). The standard InChI is InChI=1S/C47H78N2O2/c1-3-5-7-9-11-13-15-17-19-21-23-25-27-29-31-33-38-47(37-32-30-28-26-24-22-20-18-16-14-12-10-8-6-4-2)50-45-42-49(43-46(45)51-47)41-36-44-34-39-48-40-35-44/h11-14,17-20,34-35,39-40,45-46H,3-10,15-16,21-33,36-38,41-43H2,1-2H3/b13-11-,14-12-,19-17-,20-18+. The van der Waals surface area contributed by atoms with Gasteiger partial charge in [0.05, 0.1) is 0 Å². The maximum absolute atomic E-state index is 6.90. The van der Waals surface area contributed by atoms with Gasteiger partial charge in [0, 0.05) is 44.9 Å². The number of nitrogens with zero attached hydrogens (tertiary/aromatic N) is 2. The van der Waals surface area contributed by atoms with E-state index >= 15 is 0 Å². The van der Waals surface area contributed by atoms with E-state index in [-0.39, 0.29) is 18.0 Å². The van der Waals surface area contributed by atoms with Crippen LogP contribution in [0.4, 0.5) is 0 Å². The maximum atomic E-state index is 6.90. The third kappa shape index (κ3) is 20.7. The average molecular weight is 703 g/mol. The Morgan fingerprint density at radius 1 is 0.569 bits per heavy atom. The van der Waals surface area contributed by atoms with Crippen LogP contribution in [0.25, 0.3) is 0 Å². The van der Waals surface area contributed by atoms with Gasteiger partial charge in [-0.3, -0.25) is 9.88 Å². The first-order valence-electron chi connectivity index (χ1n) is 21.8. The van der Waals surface area contributed by atoms with Crippen LogP contribution >= 0.6 is 0 Å². The molecule has 0 spiro atoms. The fraction of sp³-hybridized carbons (Fsp3) is 0.723. The summed E-state index contributed by atoms with van der Waals surface area (Å²) < 4.78 is 13.8. The quantitative estimate of drug-likeness (QED) is 0.0553. The van der Waals surface area contributed by atoms with Gasteiger partial charge in [0.25, 0.3) is 0 Å². The molecule has 0 bridgehead atoms. The van der Waals surface area contributed by atoms with Crippen molar-refractivity contribution in [2.75, 3.05) is 19.6 Å². The van der Waals surface area contributed by atoms with Gasteiger partial charge in [-0.25, -0.2) is 0 Å². The summed E-state index contributed by atoms with van der Waals surface area (Å²) >= 11 is 0. The van der Waals surface area contributed by atoms with E-state index < -0.39 is 0 Å². The van der Waals surface area contributed by atoms with E-state index in [1.165, 1.54) is 140 Å². The van der Waals surface area contributed by atoms with Crippen molar-refractivity contribution in [2.24, 2.45) is 0 Å². The van der Waals surface area contributed by atoms with Crippen LogP contribution in [-0.4, -0.2) is 47.5 Å². The minimum Gasteiger partial charge on any atom is -0.343 e. The highest BCUT2D eigenvalue weighted by atomic mass is 16.8. The molecule has 1 aromatic heterocycles. The smallest absolute Gasteiger partial charge is 0.169 e. The van der Waals surface area contributed by atoms with Gasteiger partial charge in [0.15, 0.2) is 5.79 Å². The zero-order valence-corrected chi connectivity index (χ0v) is 33.3. The SMILES string of the molecule is CCCCC/C=C\C/C=C\CCCCCCCCC1(CCCCCCC/C=C/C/C=C\CCCCC)OC2CN(CCc3ccncc3)CC2O1. The molecule has 0 aliphatic carbocycles. The Bertz CT molecular complexity index is 1050.